The number of amides is 1. The minimum Gasteiger partial charge on any atom is -0.497 e. The molecule has 0 unspecified atom stereocenters. The number of hydrogen-bond acceptors (Lipinski definition) is 5. The van der Waals surface area contributed by atoms with Crippen molar-refractivity contribution in [2.75, 3.05) is 31.6 Å². The summed E-state index contributed by atoms with van der Waals surface area (Å²) in [6.07, 6.45) is 0. The third-order valence-corrected chi connectivity index (χ3v) is 4.91. The molecule has 1 aliphatic rings. The Hall–Kier alpha value is -2.87. The summed E-state index contributed by atoms with van der Waals surface area (Å²) in [5.41, 5.74) is 0.591. The maximum absolute atomic E-state index is 12.8. The Kier molecular flexibility index (Phi) is 5.46. The van der Waals surface area contributed by atoms with Crippen LogP contribution in [-0.2, 0) is 11.3 Å². The molecule has 1 saturated heterocycles. The Morgan fingerprint density at radius 1 is 1.15 bits per heavy atom. The zero-order valence-corrected chi connectivity index (χ0v) is 15.8. The number of hydrogen-bond donors (Lipinski definition) is 1. The van der Waals surface area contributed by atoms with Crippen LogP contribution in [0.25, 0.3) is 0 Å². The Labute approximate surface area is 157 Å². The summed E-state index contributed by atoms with van der Waals surface area (Å²) in [6.45, 7) is 5.40. The van der Waals surface area contributed by atoms with Crippen molar-refractivity contribution in [1.82, 2.24) is 14.5 Å². The molecule has 0 bridgehead atoms. The average Bonchev–Trinajstić information content (AvgIpc) is 2.64. The standard InChI is InChI=1S/C19H24N4O4/c1-13-11-17(24)23(19(26)20-13)10-8-21-7-9-22(18(25)14(21)2)15-5-4-6-16(12-15)27-3/h4-6,11-12,14H,7-10H2,1-3H3,(H,20,26)/t14-/m0/s1. The molecule has 0 radical (unpaired) electrons. The lowest BCUT2D eigenvalue weighted by Crippen LogP contribution is -2.57. The van der Waals surface area contributed by atoms with Crippen molar-refractivity contribution in [3.05, 3.63) is 56.9 Å². The van der Waals surface area contributed by atoms with Crippen molar-refractivity contribution in [3.63, 3.8) is 0 Å². The maximum Gasteiger partial charge on any atom is 0.328 e. The van der Waals surface area contributed by atoms with E-state index < -0.39 is 5.69 Å². The van der Waals surface area contributed by atoms with Crippen molar-refractivity contribution in [3.8, 4) is 5.75 Å². The van der Waals surface area contributed by atoms with Gasteiger partial charge in [0.05, 0.1) is 13.2 Å². The van der Waals surface area contributed by atoms with E-state index in [0.717, 1.165) is 5.69 Å². The summed E-state index contributed by atoms with van der Waals surface area (Å²) in [6, 6.07) is 8.47. The van der Waals surface area contributed by atoms with Crippen LogP contribution in [0.1, 0.15) is 12.6 Å². The van der Waals surface area contributed by atoms with Crippen LogP contribution in [0.5, 0.6) is 5.75 Å². The molecule has 8 heteroatoms. The number of nitrogens with one attached hydrogen (secondary N) is 1. The number of H-pyrrole nitrogens is 1. The fourth-order valence-corrected chi connectivity index (χ4v) is 3.33. The van der Waals surface area contributed by atoms with E-state index in [1.807, 2.05) is 36.1 Å². The first-order valence-corrected chi connectivity index (χ1v) is 8.91. The number of aromatic nitrogens is 2. The molecule has 1 atom stereocenters. The smallest absolute Gasteiger partial charge is 0.328 e. The summed E-state index contributed by atoms with van der Waals surface area (Å²) in [5.74, 6) is 0.688. The number of aryl methyl sites for hydroxylation is 1. The van der Waals surface area contributed by atoms with Gasteiger partial charge in [0.25, 0.3) is 5.56 Å². The van der Waals surface area contributed by atoms with Crippen LogP contribution in [0.15, 0.2) is 39.9 Å². The fraction of sp³-hybridized carbons (Fsp3) is 0.421. The zero-order valence-electron chi connectivity index (χ0n) is 15.8. The van der Waals surface area contributed by atoms with E-state index in [0.29, 0.717) is 31.1 Å². The lowest BCUT2D eigenvalue weighted by molar-refractivity contribution is -0.125. The van der Waals surface area contributed by atoms with Crippen LogP contribution >= 0.6 is 0 Å². The number of benzene rings is 1. The molecule has 8 nitrogen and oxygen atoms in total. The largest absolute Gasteiger partial charge is 0.497 e. The van der Waals surface area contributed by atoms with Crippen LogP contribution in [-0.4, -0.2) is 53.1 Å². The first-order chi connectivity index (χ1) is 12.9. The van der Waals surface area contributed by atoms with Crippen molar-refractivity contribution in [1.29, 1.82) is 0 Å². The van der Waals surface area contributed by atoms with Gasteiger partial charge in [0, 0.05) is 49.7 Å². The Bertz CT molecular complexity index is 918. The second-order valence-corrected chi connectivity index (χ2v) is 6.65. The van der Waals surface area contributed by atoms with E-state index in [1.54, 1.807) is 18.9 Å². The summed E-state index contributed by atoms with van der Waals surface area (Å²) in [5, 5.41) is 0. The number of carbonyl (C=O) groups is 1. The SMILES string of the molecule is COc1cccc(N2CCN(CCn3c(=O)cc(C)[nH]c3=O)[C@@H](C)C2=O)c1. The van der Waals surface area contributed by atoms with Crippen molar-refractivity contribution < 1.29 is 9.53 Å². The van der Waals surface area contributed by atoms with Crippen LogP contribution in [0.3, 0.4) is 0 Å². The molecule has 1 aromatic carbocycles. The number of rotatable bonds is 5. The van der Waals surface area contributed by atoms with Gasteiger partial charge in [-0.2, -0.15) is 0 Å². The average molecular weight is 372 g/mol. The number of aromatic amines is 1. The minimum atomic E-state index is -0.422. The molecular formula is C19H24N4O4. The highest BCUT2D eigenvalue weighted by Crippen LogP contribution is 2.24. The van der Waals surface area contributed by atoms with Gasteiger partial charge in [-0.15, -0.1) is 0 Å². The van der Waals surface area contributed by atoms with Crippen LogP contribution in [0, 0.1) is 6.92 Å². The summed E-state index contributed by atoms with van der Waals surface area (Å²) in [7, 11) is 1.59. The second kappa shape index (κ2) is 7.79. The number of methoxy groups -OCH3 is 1. The molecule has 27 heavy (non-hydrogen) atoms. The summed E-state index contributed by atoms with van der Waals surface area (Å²) < 4.78 is 6.40. The van der Waals surface area contributed by atoms with Gasteiger partial charge >= 0.3 is 5.69 Å². The molecule has 0 saturated carbocycles. The molecule has 0 aliphatic carbocycles. The van der Waals surface area contributed by atoms with E-state index >= 15 is 0 Å². The lowest BCUT2D eigenvalue weighted by Gasteiger charge is -2.39. The van der Waals surface area contributed by atoms with Gasteiger partial charge < -0.3 is 14.6 Å². The molecule has 1 N–H and O–H groups in total. The first kappa shape index (κ1) is 18.9. The predicted molar refractivity (Wildman–Crippen MR) is 102 cm³/mol. The van der Waals surface area contributed by atoms with E-state index in [4.69, 9.17) is 4.74 Å². The third-order valence-electron chi connectivity index (χ3n) is 4.91. The van der Waals surface area contributed by atoms with Gasteiger partial charge in [-0.1, -0.05) is 6.07 Å². The van der Waals surface area contributed by atoms with Crippen molar-refractivity contribution >= 4 is 11.6 Å². The van der Waals surface area contributed by atoms with E-state index in [1.165, 1.54) is 10.6 Å². The molecule has 1 amide bonds. The minimum absolute atomic E-state index is 0.0142. The third kappa shape index (κ3) is 3.95. The molecule has 2 aromatic rings. The Morgan fingerprint density at radius 3 is 2.63 bits per heavy atom. The van der Waals surface area contributed by atoms with E-state index in [2.05, 4.69) is 4.98 Å². The predicted octanol–water partition coefficient (Wildman–Crippen LogP) is 0.591. The van der Waals surface area contributed by atoms with E-state index in [9.17, 15) is 14.4 Å². The Morgan fingerprint density at radius 2 is 1.93 bits per heavy atom. The fourth-order valence-electron chi connectivity index (χ4n) is 3.33. The molecule has 1 aliphatic heterocycles. The lowest BCUT2D eigenvalue weighted by atomic mass is 10.1. The molecule has 1 aromatic heterocycles. The zero-order chi connectivity index (χ0) is 19.6. The van der Waals surface area contributed by atoms with E-state index in [-0.39, 0.29) is 24.1 Å². The molecular weight excluding hydrogens is 348 g/mol. The summed E-state index contributed by atoms with van der Waals surface area (Å²) in [4.78, 5) is 43.2. The highest BCUT2D eigenvalue weighted by molar-refractivity contribution is 5.97. The molecule has 2 heterocycles. The molecule has 0 spiro atoms. The number of anilines is 1. The number of ether oxygens (including phenoxy) is 1. The molecule has 3 rings (SSSR count). The van der Waals surface area contributed by atoms with Crippen molar-refractivity contribution in [2.45, 2.75) is 26.4 Å². The van der Waals surface area contributed by atoms with Crippen LogP contribution < -0.4 is 20.9 Å². The Balaban J connectivity index is 1.70. The molecule has 1 fully saturated rings. The monoisotopic (exact) mass is 372 g/mol. The second-order valence-electron chi connectivity index (χ2n) is 6.65. The quantitative estimate of drug-likeness (QED) is 0.830. The van der Waals surface area contributed by atoms with Gasteiger partial charge in [-0.3, -0.25) is 19.1 Å². The van der Waals surface area contributed by atoms with Crippen molar-refractivity contribution in [2.24, 2.45) is 0 Å². The number of piperazine rings is 1. The van der Waals surface area contributed by atoms with Gasteiger partial charge in [0.15, 0.2) is 0 Å². The maximum atomic E-state index is 12.8. The van der Waals surface area contributed by atoms with Crippen LogP contribution in [0.4, 0.5) is 5.69 Å². The summed E-state index contributed by atoms with van der Waals surface area (Å²) >= 11 is 0. The highest BCUT2D eigenvalue weighted by Gasteiger charge is 2.32. The number of carbonyl (C=O) groups excluding carboxylic acids is 1. The highest BCUT2D eigenvalue weighted by atomic mass is 16.5. The normalized spacial score (nSPS) is 18.0. The van der Waals surface area contributed by atoms with Gasteiger partial charge in [-0.05, 0) is 26.0 Å². The molecule has 144 valence electrons. The van der Waals surface area contributed by atoms with Gasteiger partial charge in [-0.25, -0.2) is 4.79 Å². The number of nitrogens with zero attached hydrogens (tertiary/aromatic N) is 3. The first-order valence-electron chi connectivity index (χ1n) is 8.91. The topological polar surface area (TPSA) is 87.6 Å². The van der Waals surface area contributed by atoms with Gasteiger partial charge in [0.2, 0.25) is 5.91 Å². The van der Waals surface area contributed by atoms with Crippen LogP contribution in [0.2, 0.25) is 0 Å². The van der Waals surface area contributed by atoms with Gasteiger partial charge in [0.1, 0.15) is 5.75 Å².